The SMILES string of the molecule is CC(C)CN(CC1CCCN1)c1ccncc1Br. The fraction of sp³-hybridized carbons (Fsp3) is 0.643. The van der Waals surface area contributed by atoms with Crippen LogP contribution in [0, 0.1) is 5.92 Å². The second-order valence-electron chi connectivity index (χ2n) is 5.42. The molecule has 1 unspecified atom stereocenters. The minimum atomic E-state index is 0.629. The molecule has 2 rings (SSSR count). The van der Waals surface area contributed by atoms with Crippen molar-refractivity contribution in [3.63, 3.8) is 0 Å². The zero-order valence-corrected chi connectivity index (χ0v) is 12.8. The minimum absolute atomic E-state index is 0.629. The lowest BCUT2D eigenvalue weighted by Crippen LogP contribution is -2.39. The average Bonchev–Trinajstić information content (AvgIpc) is 2.81. The van der Waals surface area contributed by atoms with E-state index in [0.29, 0.717) is 12.0 Å². The van der Waals surface area contributed by atoms with E-state index in [1.165, 1.54) is 18.5 Å². The van der Waals surface area contributed by atoms with Crippen LogP contribution >= 0.6 is 15.9 Å². The normalized spacial score (nSPS) is 19.4. The predicted octanol–water partition coefficient (Wildman–Crippen LogP) is 3.06. The minimum Gasteiger partial charge on any atom is -0.369 e. The number of rotatable bonds is 5. The zero-order valence-electron chi connectivity index (χ0n) is 11.2. The smallest absolute Gasteiger partial charge is 0.0592 e. The van der Waals surface area contributed by atoms with Gasteiger partial charge in [-0.05, 0) is 47.3 Å². The predicted molar refractivity (Wildman–Crippen MR) is 80.0 cm³/mol. The molecule has 1 aliphatic rings. The third-order valence-electron chi connectivity index (χ3n) is 3.28. The van der Waals surface area contributed by atoms with E-state index >= 15 is 0 Å². The Balaban J connectivity index is 2.11. The molecule has 2 heterocycles. The maximum absolute atomic E-state index is 4.15. The molecule has 100 valence electrons. The van der Waals surface area contributed by atoms with Gasteiger partial charge in [-0.3, -0.25) is 4.98 Å². The van der Waals surface area contributed by atoms with Crippen LogP contribution in [0.5, 0.6) is 0 Å². The van der Waals surface area contributed by atoms with Gasteiger partial charge in [0.1, 0.15) is 0 Å². The second kappa shape index (κ2) is 6.53. The molecule has 0 aromatic carbocycles. The van der Waals surface area contributed by atoms with Gasteiger partial charge < -0.3 is 10.2 Å². The molecule has 3 nitrogen and oxygen atoms in total. The van der Waals surface area contributed by atoms with Crippen molar-refractivity contribution in [2.45, 2.75) is 32.7 Å². The third kappa shape index (κ3) is 3.69. The van der Waals surface area contributed by atoms with Gasteiger partial charge in [-0.2, -0.15) is 0 Å². The Bertz CT molecular complexity index is 375. The topological polar surface area (TPSA) is 28.2 Å². The van der Waals surface area contributed by atoms with Crippen molar-refractivity contribution in [2.75, 3.05) is 24.5 Å². The van der Waals surface area contributed by atoms with Crippen molar-refractivity contribution in [1.29, 1.82) is 0 Å². The molecule has 0 amide bonds. The van der Waals surface area contributed by atoms with Gasteiger partial charge in [-0.25, -0.2) is 0 Å². The molecule has 0 radical (unpaired) electrons. The van der Waals surface area contributed by atoms with E-state index in [1.54, 1.807) is 0 Å². The Morgan fingerprint density at radius 3 is 3.00 bits per heavy atom. The highest BCUT2D eigenvalue weighted by atomic mass is 79.9. The molecule has 1 atom stereocenters. The maximum atomic E-state index is 4.15. The third-order valence-corrected chi connectivity index (χ3v) is 3.89. The zero-order chi connectivity index (χ0) is 13.0. The Kier molecular flexibility index (Phi) is 5.01. The molecule has 1 aromatic heterocycles. The van der Waals surface area contributed by atoms with Gasteiger partial charge in [0.15, 0.2) is 0 Å². The van der Waals surface area contributed by atoms with Crippen LogP contribution in [-0.4, -0.2) is 30.7 Å². The molecule has 1 fully saturated rings. The lowest BCUT2D eigenvalue weighted by Gasteiger charge is -2.30. The fourth-order valence-electron chi connectivity index (χ4n) is 2.51. The molecule has 0 saturated carbocycles. The van der Waals surface area contributed by atoms with E-state index in [-0.39, 0.29) is 0 Å². The molecule has 0 aliphatic carbocycles. The van der Waals surface area contributed by atoms with Crippen LogP contribution in [0.15, 0.2) is 22.9 Å². The van der Waals surface area contributed by atoms with Gasteiger partial charge >= 0.3 is 0 Å². The van der Waals surface area contributed by atoms with E-state index < -0.39 is 0 Å². The number of aromatic nitrogens is 1. The van der Waals surface area contributed by atoms with Crippen molar-refractivity contribution in [2.24, 2.45) is 5.92 Å². The number of hydrogen-bond donors (Lipinski definition) is 1. The van der Waals surface area contributed by atoms with E-state index in [9.17, 15) is 0 Å². The summed E-state index contributed by atoms with van der Waals surface area (Å²) in [5.74, 6) is 0.659. The van der Waals surface area contributed by atoms with Crippen molar-refractivity contribution in [3.8, 4) is 0 Å². The number of halogens is 1. The summed E-state index contributed by atoms with van der Waals surface area (Å²) in [5.41, 5.74) is 1.26. The largest absolute Gasteiger partial charge is 0.369 e. The number of anilines is 1. The summed E-state index contributed by atoms with van der Waals surface area (Å²) in [6, 6.07) is 2.73. The lowest BCUT2D eigenvalue weighted by molar-refractivity contribution is 0.540. The van der Waals surface area contributed by atoms with Crippen LogP contribution in [0.25, 0.3) is 0 Å². The lowest BCUT2D eigenvalue weighted by atomic mass is 10.1. The highest BCUT2D eigenvalue weighted by Gasteiger charge is 2.20. The van der Waals surface area contributed by atoms with E-state index in [0.717, 1.165) is 24.1 Å². The monoisotopic (exact) mass is 311 g/mol. The average molecular weight is 312 g/mol. The molecular formula is C14H22BrN3. The van der Waals surface area contributed by atoms with Crippen LogP contribution in [0.4, 0.5) is 5.69 Å². The van der Waals surface area contributed by atoms with Crippen LogP contribution in [0.2, 0.25) is 0 Å². The first-order valence-corrected chi connectivity index (χ1v) is 7.54. The highest BCUT2D eigenvalue weighted by Crippen LogP contribution is 2.26. The molecule has 1 aliphatic heterocycles. The summed E-state index contributed by atoms with van der Waals surface area (Å²) >= 11 is 3.61. The van der Waals surface area contributed by atoms with Crippen LogP contribution in [0.1, 0.15) is 26.7 Å². The molecule has 0 bridgehead atoms. The van der Waals surface area contributed by atoms with Crippen LogP contribution in [-0.2, 0) is 0 Å². The molecule has 4 heteroatoms. The summed E-state index contributed by atoms with van der Waals surface area (Å²) in [7, 11) is 0. The molecule has 1 aromatic rings. The first-order valence-electron chi connectivity index (χ1n) is 6.74. The summed E-state index contributed by atoms with van der Waals surface area (Å²) in [6.45, 7) is 7.87. The molecule has 18 heavy (non-hydrogen) atoms. The Labute approximate surface area is 118 Å². The summed E-state index contributed by atoms with van der Waals surface area (Å²) in [5, 5.41) is 3.58. The van der Waals surface area contributed by atoms with Crippen molar-refractivity contribution >= 4 is 21.6 Å². The molecular weight excluding hydrogens is 290 g/mol. The van der Waals surface area contributed by atoms with Gasteiger partial charge in [0.25, 0.3) is 0 Å². The van der Waals surface area contributed by atoms with Gasteiger partial charge in [0, 0.05) is 31.5 Å². The van der Waals surface area contributed by atoms with Gasteiger partial charge in [-0.15, -0.1) is 0 Å². The van der Waals surface area contributed by atoms with Crippen molar-refractivity contribution in [3.05, 3.63) is 22.9 Å². The van der Waals surface area contributed by atoms with Crippen LogP contribution < -0.4 is 10.2 Å². The molecule has 1 N–H and O–H groups in total. The number of hydrogen-bond acceptors (Lipinski definition) is 3. The quantitative estimate of drug-likeness (QED) is 0.906. The molecule has 0 spiro atoms. The summed E-state index contributed by atoms with van der Waals surface area (Å²) < 4.78 is 1.09. The Morgan fingerprint density at radius 1 is 1.56 bits per heavy atom. The van der Waals surface area contributed by atoms with Crippen molar-refractivity contribution < 1.29 is 0 Å². The van der Waals surface area contributed by atoms with E-state index in [1.807, 2.05) is 12.4 Å². The van der Waals surface area contributed by atoms with E-state index in [4.69, 9.17) is 0 Å². The van der Waals surface area contributed by atoms with Gasteiger partial charge in [0.2, 0.25) is 0 Å². The second-order valence-corrected chi connectivity index (χ2v) is 6.27. The summed E-state index contributed by atoms with van der Waals surface area (Å²) in [6.07, 6.45) is 6.34. The molecule has 1 saturated heterocycles. The number of nitrogens with zero attached hydrogens (tertiary/aromatic N) is 2. The highest BCUT2D eigenvalue weighted by molar-refractivity contribution is 9.10. The first kappa shape index (κ1) is 13.8. The Hall–Kier alpha value is -0.610. The number of nitrogens with one attached hydrogen (secondary N) is 1. The van der Waals surface area contributed by atoms with Crippen LogP contribution in [0.3, 0.4) is 0 Å². The van der Waals surface area contributed by atoms with Crippen molar-refractivity contribution in [1.82, 2.24) is 10.3 Å². The fourth-order valence-corrected chi connectivity index (χ4v) is 3.02. The standard InChI is InChI=1S/C14H22BrN3/c1-11(2)9-18(10-12-4-3-6-17-12)14-5-7-16-8-13(14)15/h5,7-8,11-12,17H,3-4,6,9-10H2,1-2H3. The van der Waals surface area contributed by atoms with Gasteiger partial charge in [0.05, 0.1) is 10.2 Å². The number of pyridine rings is 1. The first-order chi connectivity index (χ1) is 8.66. The summed E-state index contributed by atoms with van der Waals surface area (Å²) in [4.78, 5) is 6.62. The van der Waals surface area contributed by atoms with E-state index in [2.05, 4.69) is 51.0 Å². The Morgan fingerprint density at radius 2 is 2.39 bits per heavy atom. The maximum Gasteiger partial charge on any atom is 0.0592 e. The van der Waals surface area contributed by atoms with Gasteiger partial charge in [-0.1, -0.05) is 13.8 Å².